The third-order valence-corrected chi connectivity index (χ3v) is 5.26. The first-order valence-electron chi connectivity index (χ1n) is 8.72. The van der Waals surface area contributed by atoms with Crippen LogP contribution in [0.2, 0.25) is 0 Å². The highest BCUT2D eigenvalue weighted by Crippen LogP contribution is 2.32. The molecule has 0 radical (unpaired) electrons. The third-order valence-electron chi connectivity index (χ3n) is 5.26. The van der Waals surface area contributed by atoms with Crippen LogP contribution in [-0.2, 0) is 9.47 Å². The van der Waals surface area contributed by atoms with Crippen molar-refractivity contribution in [1.29, 1.82) is 0 Å². The summed E-state index contributed by atoms with van der Waals surface area (Å²) in [6, 6.07) is 0. The number of hydrogen-bond donors (Lipinski definition) is 0. The van der Waals surface area contributed by atoms with Gasteiger partial charge in [0, 0.05) is 39.0 Å². The Morgan fingerprint density at radius 3 is 2.43 bits per heavy atom. The third kappa shape index (κ3) is 3.12. The summed E-state index contributed by atoms with van der Waals surface area (Å²) >= 11 is 0. The van der Waals surface area contributed by atoms with Crippen LogP contribution in [0.5, 0.6) is 0 Å². The topological polar surface area (TPSA) is 63.6 Å². The van der Waals surface area contributed by atoms with Gasteiger partial charge in [-0.05, 0) is 18.8 Å². The highest BCUT2D eigenvalue weighted by Gasteiger charge is 2.40. The largest absolute Gasteiger partial charge is 0.355 e. The van der Waals surface area contributed by atoms with E-state index in [-0.39, 0.29) is 5.79 Å². The van der Waals surface area contributed by atoms with E-state index in [1.54, 1.807) is 6.20 Å². The van der Waals surface area contributed by atoms with Gasteiger partial charge in [0.25, 0.3) is 0 Å². The number of rotatable bonds is 2. The van der Waals surface area contributed by atoms with Gasteiger partial charge in [-0.1, -0.05) is 6.92 Å². The molecular weight excluding hydrogens is 294 g/mol. The van der Waals surface area contributed by atoms with Crippen molar-refractivity contribution in [1.82, 2.24) is 15.2 Å². The molecule has 126 valence electrons. The van der Waals surface area contributed by atoms with Crippen LogP contribution in [0, 0.1) is 5.92 Å². The Labute approximate surface area is 137 Å². The van der Waals surface area contributed by atoms with Crippen molar-refractivity contribution in [2.45, 2.75) is 38.4 Å². The second-order valence-corrected chi connectivity index (χ2v) is 6.88. The number of ether oxygens (including phenoxy) is 2. The molecule has 0 bridgehead atoms. The summed E-state index contributed by atoms with van der Waals surface area (Å²) in [4.78, 5) is 9.28. The first kappa shape index (κ1) is 15.1. The zero-order valence-electron chi connectivity index (χ0n) is 13.8. The molecule has 7 nitrogen and oxygen atoms in total. The number of anilines is 2. The molecule has 4 rings (SSSR count). The Kier molecular flexibility index (Phi) is 4.07. The fraction of sp³-hybridized carbons (Fsp3) is 0.812. The molecule has 0 N–H and O–H groups in total. The maximum absolute atomic E-state index is 5.79. The minimum Gasteiger partial charge on any atom is -0.355 e. The fourth-order valence-electron chi connectivity index (χ4n) is 3.64. The summed E-state index contributed by atoms with van der Waals surface area (Å²) in [5.41, 5.74) is 0. The van der Waals surface area contributed by atoms with Crippen molar-refractivity contribution < 1.29 is 9.47 Å². The zero-order chi connectivity index (χ0) is 15.7. The van der Waals surface area contributed by atoms with Gasteiger partial charge in [0.2, 0.25) is 5.95 Å². The molecule has 23 heavy (non-hydrogen) atoms. The predicted molar refractivity (Wildman–Crippen MR) is 86.5 cm³/mol. The Morgan fingerprint density at radius 1 is 1.04 bits per heavy atom. The van der Waals surface area contributed by atoms with E-state index in [1.165, 1.54) is 12.8 Å². The van der Waals surface area contributed by atoms with E-state index in [9.17, 15) is 0 Å². The standard InChI is InChI=1S/C16H25N5O2/c1-13-2-6-21(7-3-13)15-18-14(12-17-19-15)20-8-4-16(5-9-20)22-10-11-23-16/h12-13H,2-11H2,1H3. The van der Waals surface area contributed by atoms with Crippen LogP contribution in [0.4, 0.5) is 11.8 Å². The number of aromatic nitrogens is 3. The predicted octanol–water partition coefficient (Wildman–Crippen LogP) is 1.45. The summed E-state index contributed by atoms with van der Waals surface area (Å²) in [5.74, 6) is 2.14. The van der Waals surface area contributed by atoms with Crippen molar-refractivity contribution in [3.8, 4) is 0 Å². The van der Waals surface area contributed by atoms with Crippen LogP contribution in [0.1, 0.15) is 32.6 Å². The fourth-order valence-corrected chi connectivity index (χ4v) is 3.64. The zero-order valence-corrected chi connectivity index (χ0v) is 13.8. The van der Waals surface area contributed by atoms with Crippen molar-refractivity contribution in [2.75, 3.05) is 49.2 Å². The lowest BCUT2D eigenvalue weighted by atomic mass is 10.00. The van der Waals surface area contributed by atoms with Gasteiger partial charge in [-0.25, -0.2) is 0 Å². The van der Waals surface area contributed by atoms with E-state index in [1.807, 2.05) is 0 Å². The van der Waals surface area contributed by atoms with Crippen LogP contribution >= 0.6 is 0 Å². The maximum atomic E-state index is 5.79. The average molecular weight is 319 g/mol. The van der Waals surface area contributed by atoms with Gasteiger partial charge in [0.1, 0.15) is 0 Å². The molecule has 3 saturated heterocycles. The molecule has 3 aliphatic rings. The van der Waals surface area contributed by atoms with Crippen molar-refractivity contribution >= 4 is 11.8 Å². The quantitative estimate of drug-likeness (QED) is 0.817. The van der Waals surface area contributed by atoms with Gasteiger partial charge in [0.15, 0.2) is 11.6 Å². The molecular formula is C16H25N5O2. The summed E-state index contributed by atoms with van der Waals surface area (Å²) < 4.78 is 11.6. The van der Waals surface area contributed by atoms with Crippen molar-refractivity contribution in [3.05, 3.63) is 6.20 Å². The van der Waals surface area contributed by atoms with Gasteiger partial charge in [-0.3, -0.25) is 0 Å². The highest BCUT2D eigenvalue weighted by atomic mass is 16.7. The summed E-state index contributed by atoms with van der Waals surface area (Å²) in [7, 11) is 0. The Hall–Kier alpha value is -1.47. The van der Waals surface area contributed by atoms with E-state index in [0.717, 1.165) is 56.7 Å². The van der Waals surface area contributed by atoms with Crippen LogP contribution in [0.3, 0.4) is 0 Å². The number of hydrogen-bond acceptors (Lipinski definition) is 7. The van der Waals surface area contributed by atoms with Crippen LogP contribution in [0.15, 0.2) is 6.20 Å². The molecule has 7 heteroatoms. The molecule has 3 fully saturated rings. The van der Waals surface area contributed by atoms with Crippen molar-refractivity contribution in [3.63, 3.8) is 0 Å². The number of piperidine rings is 2. The lowest BCUT2D eigenvalue weighted by Gasteiger charge is -2.38. The van der Waals surface area contributed by atoms with Gasteiger partial charge >= 0.3 is 0 Å². The normalized spacial score (nSPS) is 25.3. The summed E-state index contributed by atoms with van der Waals surface area (Å²) in [5, 5.41) is 8.43. The van der Waals surface area contributed by atoms with Crippen LogP contribution in [0.25, 0.3) is 0 Å². The molecule has 1 aromatic rings. The van der Waals surface area contributed by atoms with E-state index >= 15 is 0 Å². The molecule has 0 unspecified atom stereocenters. The lowest BCUT2D eigenvalue weighted by Crippen LogP contribution is -2.45. The molecule has 0 aliphatic carbocycles. The summed E-state index contributed by atoms with van der Waals surface area (Å²) in [6.45, 7) is 7.56. The second-order valence-electron chi connectivity index (χ2n) is 6.88. The Balaban J connectivity index is 1.42. The molecule has 0 amide bonds. The van der Waals surface area contributed by atoms with Gasteiger partial charge < -0.3 is 19.3 Å². The maximum Gasteiger partial charge on any atom is 0.247 e. The summed E-state index contributed by atoms with van der Waals surface area (Å²) in [6.07, 6.45) is 5.94. The minimum atomic E-state index is -0.344. The van der Waals surface area contributed by atoms with Gasteiger partial charge in [-0.2, -0.15) is 10.1 Å². The van der Waals surface area contributed by atoms with Gasteiger partial charge in [-0.15, -0.1) is 5.10 Å². The first-order valence-corrected chi connectivity index (χ1v) is 8.72. The molecule has 4 heterocycles. The monoisotopic (exact) mass is 319 g/mol. The Morgan fingerprint density at radius 2 is 1.74 bits per heavy atom. The van der Waals surface area contributed by atoms with Crippen molar-refractivity contribution in [2.24, 2.45) is 5.92 Å². The minimum absolute atomic E-state index is 0.344. The van der Waals surface area contributed by atoms with E-state index < -0.39 is 0 Å². The molecule has 1 spiro atoms. The van der Waals surface area contributed by atoms with Crippen LogP contribution in [-0.4, -0.2) is 60.4 Å². The molecule has 3 aliphatic heterocycles. The molecule has 0 atom stereocenters. The SMILES string of the molecule is CC1CCN(c2nncc(N3CCC4(CC3)OCCO4)n2)CC1. The number of nitrogens with zero attached hydrogens (tertiary/aromatic N) is 5. The smallest absolute Gasteiger partial charge is 0.247 e. The van der Waals surface area contributed by atoms with E-state index in [0.29, 0.717) is 13.2 Å². The second kappa shape index (κ2) is 6.20. The van der Waals surface area contributed by atoms with E-state index in [2.05, 4.69) is 26.9 Å². The molecule has 1 aromatic heterocycles. The molecule has 0 aromatic carbocycles. The van der Waals surface area contributed by atoms with Crippen LogP contribution < -0.4 is 9.80 Å². The van der Waals surface area contributed by atoms with E-state index in [4.69, 9.17) is 14.5 Å². The highest BCUT2D eigenvalue weighted by molar-refractivity contribution is 5.42. The average Bonchev–Trinajstić information content (AvgIpc) is 3.04. The first-order chi connectivity index (χ1) is 11.2. The lowest BCUT2D eigenvalue weighted by molar-refractivity contribution is -0.169. The Bertz CT molecular complexity index is 531. The molecule has 0 saturated carbocycles. The van der Waals surface area contributed by atoms with Gasteiger partial charge in [0.05, 0.1) is 19.4 Å².